The number of benzene rings is 1. The summed E-state index contributed by atoms with van der Waals surface area (Å²) >= 11 is 0. The Balaban J connectivity index is 1.48. The summed E-state index contributed by atoms with van der Waals surface area (Å²) in [6.45, 7) is 8.54. The van der Waals surface area contributed by atoms with Gasteiger partial charge < -0.3 is 14.2 Å². The van der Waals surface area contributed by atoms with Crippen LogP contribution in [0.2, 0.25) is 0 Å². The zero-order chi connectivity index (χ0) is 20.1. The Kier molecular flexibility index (Phi) is 6.26. The van der Waals surface area contributed by atoms with E-state index in [1.165, 1.54) is 40.3 Å². The van der Waals surface area contributed by atoms with Gasteiger partial charge in [0.25, 0.3) is 0 Å². The quantitative estimate of drug-likeness (QED) is 0.471. The number of nitro groups is 1. The number of rotatable bonds is 6. The summed E-state index contributed by atoms with van der Waals surface area (Å²) in [7, 11) is 0. The zero-order valence-electron chi connectivity index (χ0n) is 16.3. The number of nitrogens with one attached hydrogen (secondary N) is 1. The van der Waals surface area contributed by atoms with Crippen LogP contribution in [-0.2, 0) is 11.3 Å². The van der Waals surface area contributed by atoms with Gasteiger partial charge in [0.1, 0.15) is 17.2 Å². The standard InChI is InChI=1S/C21H25N3O4/c1-16(2)18-5-3-17(4-6-18)15-22-11-13-23(14-12-22)20(25)9-7-19-8-10-21(28-19)24(26)27/h3-10,16H,11-15H2,1-2H3/p+1/b9-7+. The van der Waals surface area contributed by atoms with Gasteiger partial charge in [-0.05, 0) is 23.6 Å². The van der Waals surface area contributed by atoms with Crippen molar-refractivity contribution in [3.8, 4) is 0 Å². The molecule has 0 unspecified atom stereocenters. The minimum atomic E-state index is -0.600. The van der Waals surface area contributed by atoms with Crippen LogP contribution in [0, 0.1) is 10.1 Å². The number of nitrogens with zero attached hydrogens (tertiary/aromatic N) is 2. The van der Waals surface area contributed by atoms with E-state index >= 15 is 0 Å². The lowest BCUT2D eigenvalue weighted by Gasteiger charge is -2.31. The largest absolute Gasteiger partial charge is 0.433 e. The molecule has 1 N–H and O–H groups in total. The lowest BCUT2D eigenvalue weighted by molar-refractivity contribution is -0.917. The predicted octanol–water partition coefficient (Wildman–Crippen LogP) is 2.25. The van der Waals surface area contributed by atoms with Crippen molar-refractivity contribution < 1.29 is 19.0 Å². The molecule has 0 radical (unpaired) electrons. The van der Waals surface area contributed by atoms with Crippen LogP contribution in [0.15, 0.2) is 46.9 Å². The molecule has 0 spiro atoms. The monoisotopic (exact) mass is 384 g/mol. The van der Waals surface area contributed by atoms with Gasteiger partial charge in [-0.1, -0.05) is 38.1 Å². The van der Waals surface area contributed by atoms with Crippen LogP contribution in [0.3, 0.4) is 0 Å². The first-order chi connectivity index (χ1) is 13.4. The van der Waals surface area contributed by atoms with Crippen molar-refractivity contribution in [1.29, 1.82) is 0 Å². The third kappa shape index (κ3) is 5.07. The van der Waals surface area contributed by atoms with Gasteiger partial charge in [-0.3, -0.25) is 14.9 Å². The third-order valence-corrected chi connectivity index (χ3v) is 5.07. The first kappa shape index (κ1) is 19.8. The first-order valence-electron chi connectivity index (χ1n) is 9.56. The number of piperazine rings is 1. The molecule has 1 aliphatic rings. The number of carbonyl (C=O) groups excluding carboxylic acids is 1. The molecule has 7 heteroatoms. The lowest BCUT2D eigenvalue weighted by atomic mass is 10.0. The summed E-state index contributed by atoms with van der Waals surface area (Å²) in [6, 6.07) is 11.6. The third-order valence-electron chi connectivity index (χ3n) is 5.07. The molecular formula is C21H26N3O4+. The maximum Gasteiger partial charge on any atom is 0.433 e. The molecule has 1 aromatic heterocycles. The van der Waals surface area contributed by atoms with Gasteiger partial charge in [-0.25, -0.2) is 0 Å². The average molecular weight is 384 g/mol. The molecule has 0 saturated carbocycles. The molecular weight excluding hydrogens is 358 g/mol. The zero-order valence-corrected chi connectivity index (χ0v) is 16.3. The predicted molar refractivity (Wildman–Crippen MR) is 106 cm³/mol. The summed E-state index contributed by atoms with van der Waals surface area (Å²) in [5, 5.41) is 10.6. The molecule has 28 heavy (non-hydrogen) atoms. The number of hydrogen-bond donors (Lipinski definition) is 1. The molecule has 1 aromatic carbocycles. The Morgan fingerprint density at radius 1 is 1.21 bits per heavy atom. The molecule has 0 atom stereocenters. The minimum absolute atomic E-state index is 0.0978. The van der Waals surface area contributed by atoms with E-state index in [0.29, 0.717) is 24.8 Å². The van der Waals surface area contributed by atoms with E-state index in [9.17, 15) is 14.9 Å². The fourth-order valence-corrected chi connectivity index (χ4v) is 3.32. The molecule has 1 aliphatic heterocycles. The van der Waals surface area contributed by atoms with Crippen molar-refractivity contribution in [2.24, 2.45) is 0 Å². The van der Waals surface area contributed by atoms with Crippen molar-refractivity contribution in [2.75, 3.05) is 26.2 Å². The van der Waals surface area contributed by atoms with Crippen molar-refractivity contribution in [3.05, 3.63) is 69.5 Å². The van der Waals surface area contributed by atoms with E-state index in [1.807, 2.05) is 0 Å². The van der Waals surface area contributed by atoms with Gasteiger partial charge in [0.05, 0.1) is 32.2 Å². The highest BCUT2D eigenvalue weighted by molar-refractivity contribution is 5.91. The molecule has 1 amide bonds. The summed E-state index contributed by atoms with van der Waals surface area (Å²) < 4.78 is 5.03. The fourth-order valence-electron chi connectivity index (χ4n) is 3.32. The highest BCUT2D eigenvalue weighted by atomic mass is 16.6. The summed E-state index contributed by atoms with van der Waals surface area (Å²) in [4.78, 5) is 25.6. The minimum Gasteiger partial charge on any atom is -0.401 e. The Bertz CT molecular complexity index is 847. The molecule has 0 aliphatic carbocycles. The Morgan fingerprint density at radius 2 is 1.89 bits per heavy atom. The van der Waals surface area contributed by atoms with Gasteiger partial charge in [0, 0.05) is 11.6 Å². The van der Waals surface area contributed by atoms with Gasteiger partial charge in [0.15, 0.2) is 0 Å². The van der Waals surface area contributed by atoms with Crippen LogP contribution < -0.4 is 4.90 Å². The molecule has 7 nitrogen and oxygen atoms in total. The summed E-state index contributed by atoms with van der Waals surface area (Å²) in [6.07, 6.45) is 2.89. The van der Waals surface area contributed by atoms with Crippen molar-refractivity contribution in [1.82, 2.24) is 4.90 Å². The second-order valence-electron chi connectivity index (χ2n) is 7.41. The molecule has 2 aromatic rings. The first-order valence-corrected chi connectivity index (χ1v) is 9.56. The normalized spacial score (nSPS) is 15.5. The maximum atomic E-state index is 12.3. The van der Waals surface area contributed by atoms with E-state index in [4.69, 9.17) is 4.42 Å². The average Bonchev–Trinajstić information content (AvgIpc) is 3.16. The highest BCUT2D eigenvalue weighted by Crippen LogP contribution is 2.17. The maximum absolute atomic E-state index is 12.3. The van der Waals surface area contributed by atoms with E-state index < -0.39 is 4.92 Å². The second-order valence-corrected chi connectivity index (χ2v) is 7.41. The van der Waals surface area contributed by atoms with E-state index in [2.05, 4.69) is 38.1 Å². The number of furan rings is 1. The number of hydrogen-bond acceptors (Lipinski definition) is 4. The van der Waals surface area contributed by atoms with E-state index in [-0.39, 0.29) is 11.8 Å². The molecule has 1 saturated heterocycles. The molecule has 0 bridgehead atoms. The van der Waals surface area contributed by atoms with Crippen LogP contribution in [0.4, 0.5) is 5.88 Å². The highest BCUT2D eigenvalue weighted by Gasteiger charge is 2.22. The lowest BCUT2D eigenvalue weighted by Crippen LogP contribution is -3.13. The van der Waals surface area contributed by atoms with Crippen LogP contribution in [0.5, 0.6) is 0 Å². The van der Waals surface area contributed by atoms with Crippen LogP contribution in [-0.4, -0.2) is 41.9 Å². The van der Waals surface area contributed by atoms with Crippen molar-refractivity contribution >= 4 is 17.9 Å². The Labute approximate surface area is 164 Å². The Morgan fingerprint density at radius 3 is 2.46 bits per heavy atom. The Hall–Kier alpha value is -2.93. The molecule has 1 fully saturated rings. The van der Waals surface area contributed by atoms with Crippen LogP contribution in [0.25, 0.3) is 6.08 Å². The van der Waals surface area contributed by atoms with Crippen LogP contribution in [0.1, 0.15) is 36.7 Å². The molecule has 3 rings (SSSR count). The van der Waals surface area contributed by atoms with Gasteiger partial charge in [-0.2, -0.15) is 0 Å². The number of amides is 1. The van der Waals surface area contributed by atoms with Crippen molar-refractivity contribution in [2.45, 2.75) is 26.3 Å². The fraction of sp³-hybridized carbons (Fsp3) is 0.381. The van der Waals surface area contributed by atoms with E-state index in [0.717, 1.165) is 19.6 Å². The molecule has 148 valence electrons. The van der Waals surface area contributed by atoms with Gasteiger partial charge in [-0.15, -0.1) is 0 Å². The van der Waals surface area contributed by atoms with Gasteiger partial charge >= 0.3 is 5.88 Å². The summed E-state index contributed by atoms with van der Waals surface area (Å²) in [5.41, 5.74) is 2.67. The van der Waals surface area contributed by atoms with Gasteiger partial charge in [0.2, 0.25) is 5.91 Å². The van der Waals surface area contributed by atoms with E-state index in [1.54, 1.807) is 4.90 Å². The smallest absolute Gasteiger partial charge is 0.401 e. The summed E-state index contributed by atoms with van der Waals surface area (Å²) in [5.74, 6) is 0.413. The molecule has 2 heterocycles. The number of carbonyl (C=O) groups is 1. The SMILES string of the molecule is CC(C)c1ccc(C[NH+]2CCN(C(=O)/C=C/c3ccc([N+](=O)[O-])o3)CC2)cc1. The second kappa shape index (κ2) is 8.84. The topological polar surface area (TPSA) is 81.0 Å². The number of quaternary nitrogens is 1. The van der Waals surface area contributed by atoms with Crippen molar-refractivity contribution in [3.63, 3.8) is 0 Å². The van der Waals surface area contributed by atoms with Crippen LogP contribution >= 0.6 is 0 Å².